The predicted molar refractivity (Wildman–Crippen MR) is 114 cm³/mol. The molecule has 0 saturated carbocycles. The van der Waals surface area contributed by atoms with Gasteiger partial charge in [-0.3, -0.25) is 0 Å². The number of benzene rings is 1. The third-order valence-electron chi connectivity index (χ3n) is 3.94. The van der Waals surface area contributed by atoms with Gasteiger partial charge < -0.3 is 16.4 Å². The Hall–Kier alpha value is -2.51. The van der Waals surface area contributed by atoms with Crippen molar-refractivity contribution < 1.29 is 0 Å². The van der Waals surface area contributed by atoms with Gasteiger partial charge in [0.15, 0.2) is 5.13 Å². The van der Waals surface area contributed by atoms with Crippen molar-refractivity contribution >= 4 is 22.4 Å². The number of thiazole rings is 1. The lowest BCUT2D eigenvalue weighted by molar-refractivity contribution is 0.896. The molecular weight excluding hydrogens is 356 g/mol. The van der Waals surface area contributed by atoms with E-state index in [1.807, 2.05) is 30.5 Å². The molecule has 2 heterocycles. The van der Waals surface area contributed by atoms with Crippen molar-refractivity contribution in [1.82, 2.24) is 15.0 Å². The number of nitrogens with zero attached hydrogens (tertiary/aromatic N) is 3. The lowest BCUT2D eigenvalue weighted by Crippen LogP contribution is -2.08. The van der Waals surface area contributed by atoms with Gasteiger partial charge in [0.25, 0.3) is 0 Å². The first-order valence-corrected chi connectivity index (χ1v) is 10.1. The largest absolute Gasteiger partial charge is 0.359 e. The van der Waals surface area contributed by atoms with E-state index in [9.17, 15) is 0 Å². The number of rotatable bonds is 8. The molecule has 0 spiro atoms. The van der Waals surface area contributed by atoms with E-state index in [-0.39, 0.29) is 0 Å². The van der Waals surface area contributed by atoms with Crippen molar-refractivity contribution in [3.8, 4) is 21.8 Å². The van der Waals surface area contributed by atoms with E-state index in [1.54, 1.807) is 11.3 Å². The van der Waals surface area contributed by atoms with E-state index in [2.05, 4.69) is 42.5 Å². The molecule has 3 rings (SSSR count). The number of aromatic nitrogens is 3. The molecule has 0 fully saturated rings. The maximum atomic E-state index is 5.93. The lowest BCUT2D eigenvalue weighted by Gasteiger charge is -2.11. The first-order valence-electron chi connectivity index (χ1n) is 9.24. The summed E-state index contributed by atoms with van der Waals surface area (Å²) in [6, 6.07) is 10.4. The van der Waals surface area contributed by atoms with Crippen LogP contribution >= 0.6 is 11.3 Å². The highest BCUT2D eigenvalue weighted by Gasteiger charge is 2.13. The van der Waals surface area contributed by atoms with Crippen LogP contribution < -0.4 is 16.4 Å². The molecule has 0 bridgehead atoms. The standard InChI is InChI=1S/C20H26N6S/c1-4-9-22-19-25-16(15-8-6-5-7-14(15)11-21)10-17(26-19)18-12-23-20(27-18)24-13(2)3/h5-8,10,12-13H,4,9,11,21H2,1-3H3,(H,23,24)(H,22,25,26). The Morgan fingerprint density at radius 1 is 1.15 bits per heavy atom. The highest BCUT2D eigenvalue weighted by Crippen LogP contribution is 2.32. The van der Waals surface area contributed by atoms with Crippen LogP contribution in [0.15, 0.2) is 36.5 Å². The van der Waals surface area contributed by atoms with Crippen LogP contribution in [0, 0.1) is 0 Å². The van der Waals surface area contributed by atoms with Crippen molar-refractivity contribution in [2.75, 3.05) is 17.2 Å². The molecule has 3 aromatic rings. The Bertz CT molecular complexity index is 890. The van der Waals surface area contributed by atoms with Gasteiger partial charge in [0.05, 0.1) is 16.3 Å². The topological polar surface area (TPSA) is 88.8 Å². The second-order valence-corrected chi connectivity index (χ2v) is 7.61. The molecular formula is C20H26N6S. The van der Waals surface area contributed by atoms with Crippen molar-refractivity contribution in [1.29, 1.82) is 0 Å². The van der Waals surface area contributed by atoms with Gasteiger partial charge in [-0.15, -0.1) is 0 Å². The molecule has 27 heavy (non-hydrogen) atoms. The average molecular weight is 383 g/mol. The fourth-order valence-corrected chi connectivity index (χ4v) is 3.60. The Morgan fingerprint density at radius 2 is 1.93 bits per heavy atom. The van der Waals surface area contributed by atoms with Crippen molar-refractivity contribution in [2.24, 2.45) is 5.73 Å². The third-order valence-corrected chi connectivity index (χ3v) is 4.89. The molecule has 6 nitrogen and oxygen atoms in total. The summed E-state index contributed by atoms with van der Waals surface area (Å²) in [5.74, 6) is 0.628. The zero-order valence-electron chi connectivity index (χ0n) is 16.0. The van der Waals surface area contributed by atoms with Crippen LogP contribution in [0.3, 0.4) is 0 Å². The maximum Gasteiger partial charge on any atom is 0.223 e. The number of nitrogens with one attached hydrogen (secondary N) is 2. The summed E-state index contributed by atoms with van der Waals surface area (Å²) in [5.41, 5.74) is 9.76. The summed E-state index contributed by atoms with van der Waals surface area (Å²) < 4.78 is 0. The molecule has 0 aliphatic rings. The van der Waals surface area contributed by atoms with Gasteiger partial charge in [-0.1, -0.05) is 42.5 Å². The van der Waals surface area contributed by atoms with E-state index < -0.39 is 0 Å². The summed E-state index contributed by atoms with van der Waals surface area (Å²) in [6.45, 7) is 7.61. The SMILES string of the molecule is CCCNc1nc(-c2cnc(NC(C)C)s2)cc(-c2ccccc2CN)n1. The van der Waals surface area contributed by atoms with Crippen LogP contribution in [0.25, 0.3) is 21.8 Å². The Kier molecular flexibility index (Phi) is 6.36. The zero-order chi connectivity index (χ0) is 19.2. The predicted octanol–water partition coefficient (Wildman–Crippen LogP) is 4.37. The second-order valence-electron chi connectivity index (χ2n) is 6.58. The minimum atomic E-state index is 0.336. The average Bonchev–Trinajstić information content (AvgIpc) is 3.14. The summed E-state index contributed by atoms with van der Waals surface area (Å²) in [7, 11) is 0. The minimum Gasteiger partial charge on any atom is -0.359 e. The number of hydrogen-bond acceptors (Lipinski definition) is 7. The van der Waals surface area contributed by atoms with E-state index >= 15 is 0 Å². The van der Waals surface area contributed by atoms with Gasteiger partial charge in [0.1, 0.15) is 0 Å². The smallest absolute Gasteiger partial charge is 0.223 e. The van der Waals surface area contributed by atoms with Crippen LogP contribution in [-0.2, 0) is 6.54 Å². The molecule has 1 aromatic carbocycles. The van der Waals surface area contributed by atoms with Crippen LogP contribution in [-0.4, -0.2) is 27.5 Å². The van der Waals surface area contributed by atoms with Gasteiger partial charge in [-0.25, -0.2) is 15.0 Å². The molecule has 7 heteroatoms. The fourth-order valence-electron chi connectivity index (χ4n) is 2.68. The Morgan fingerprint density at radius 3 is 2.67 bits per heavy atom. The third kappa shape index (κ3) is 4.81. The van der Waals surface area contributed by atoms with Gasteiger partial charge in [-0.05, 0) is 31.9 Å². The highest BCUT2D eigenvalue weighted by molar-refractivity contribution is 7.18. The van der Waals surface area contributed by atoms with Crippen molar-refractivity contribution in [3.05, 3.63) is 42.1 Å². The monoisotopic (exact) mass is 382 g/mol. The van der Waals surface area contributed by atoms with Gasteiger partial charge in [0, 0.05) is 30.9 Å². The number of anilines is 2. The van der Waals surface area contributed by atoms with Crippen molar-refractivity contribution in [3.63, 3.8) is 0 Å². The Labute approximate surface area is 164 Å². The molecule has 0 amide bonds. The fraction of sp³-hybridized carbons (Fsp3) is 0.350. The molecule has 0 aliphatic carbocycles. The molecule has 0 saturated heterocycles. The van der Waals surface area contributed by atoms with Gasteiger partial charge in [0.2, 0.25) is 5.95 Å². The molecule has 0 unspecified atom stereocenters. The number of nitrogens with two attached hydrogens (primary N) is 1. The van der Waals surface area contributed by atoms with E-state index in [1.165, 1.54) is 0 Å². The second kappa shape index (κ2) is 8.92. The highest BCUT2D eigenvalue weighted by atomic mass is 32.1. The first kappa shape index (κ1) is 19.3. The molecule has 0 atom stereocenters. The van der Waals surface area contributed by atoms with Gasteiger partial charge >= 0.3 is 0 Å². The molecule has 0 aliphatic heterocycles. The maximum absolute atomic E-state index is 5.93. The minimum absolute atomic E-state index is 0.336. The molecule has 142 valence electrons. The van der Waals surface area contributed by atoms with Crippen LogP contribution in [0.4, 0.5) is 11.1 Å². The molecule has 0 radical (unpaired) electrons. The first-order chi connectivity index (χ1) is 13.1. The quantitative estimate of drug-likeness (QED) is 0.536. The summed E-state index contributed by atoms with van der Waals surface area (Å²) in [6.07, 6.45) is 2.87. The van der Waals surface area contributed by atoms with Gasteiger partial charge in [-0.2, -0.15) is 0 Å². The Balaban J connectivity index is 2.04. The lowest BCUT2D eigenvalue weighted by atomic mass is 10.0. The number of hydrogen-bond donors (Lipinski definition) is 3. The van der Waals surface area contributed by atoms with Crippen LogP contribution in [0.2, 0.25) is 0 Å². The summed E-state index contributed by atoms with van der Waals surface area (Å²) >= 11 is 1.60. The zero-order valence-corrected chi connectivity index (χ0v) is 16.8. The summed E-state index contributed by atoms with van der Waals surface area (Å²) in [5, 5.41) is 7.54. The van der Waals surface area contributed by atoms with Crippen LogP contribution in [0.1, 0.15) is 32.8 Å². The molecule has 4 N–H and O–H groups in total. The van der Waals surface area contributed by atoms with Crippen molar-refractivity contribution in [2.45, 2.75) is 39.8 Å². The molecule has 2 aromatic heterocycles. The van der Waals surface area contributed by atoms with E-state index in [0.29, 0.717) is 18.5 Å². The van der Waals surface area contributed by atoms with Crippen LogP contribution in [0.5, 0.6) is 0 Å². The summed E-state index contributed by atoms with van der Waals surface area (Å²) in [4.78, 5) is 14.9. The van der Waals surface area contributed by atoms with E-state index in [0.717, 1.165) is 45.5 Å². The van der Waals surface area contributed by atoms with E-state index in [4.69, 9.17) is 15.7 Å². The normalized spacial score (nSPS) is 11.0.